The zero-order chi connectivity index (χ0) is 25.1. The summed E-state index contributed by atoms with van der Waals surface area (Å²) in [6, 6.07) is 18.6. The Kier molecular flexibility index (Phi) is 7.60. The Morgan fingerprint density at radius 1 is 1.09 bits per heavy atom. The number of hydrogen-bond donors (Lipinski definition) is 1. The van der Waals surface area contributed by atoms with Crippen molar-refractivity contribution >= 4 is 69.2 Å². The second-order valence-electron chi connectivity index (χ2n) is 8.15. The number of carbonyl (C=O) groups excluding carboxylic acids is 2. The number of thioether (sulfide) groups is 1. The van der Waals surface area contributed by atoms with Crippen LogP contribution in [0.2, 0.25) is 5.02 Å². The Morgan fingerprint density at radius 3 is 2.57 bits per heavy atom. The summed E-state index contributed by atoms with van der Waals surface area (Å²) in [5.41, 5.74) is 5.33. The van der Waals surface area contributed by atoms with E-state index in [4.69, 9.17) is 28.6 Å². The molecule has 4 rings (SSSR count). The van der Waals surface area contributed by atoms with Gasteiger partial charge in [0.1, 0.15) is 5.75 Å². The molecule has 1 aliphatic heterocycles. The first-order valence-electron chi connectivity index (χ1n) is 10.9. The van der Waals surface area contributed by atoms with E-state index in [2.05, 4.69) is 5.32 Å². The molecular weight excluding hydrogens is 500 g/mol. The third-order valence-corrected chi connectivity index (χ3v) is 7.02. The van der Waals surface area contributed by atoms with Gasteiger partial charge in [-0.3, -0.25) is 14.5 Å². The number of anilines is 2. The molecule has 1 heterocycles. The first kappa shape index (κ1) is 25.0. The highest BCUT2D eigenvalue weighted by atomic mass is 35.5. The summed E-state index contributed by atoms with van der Waals surface area (Å²) in [4.78, 5) is 27.4. The molecule has 1 aliphatic rings. The van der Waals surface area contributed by atoms with Gasteiger partial charge in [0.05, 0.1) is 15.6 Å². The third-order valence-electron chi connectivity index (χ3n) is 5.42. The number of nitrogens with one attached hydrogen (secondary N) is 1. The number of carbonyl (C=O) groups is 2. The molecule has 0 unspecified atom stereocenters. The van der Waals surface area contributed by atoms with Crippen LogP contribution in [0.25, 0.3) is 6.08 Å². The molecule has 0 aromatic heterocycles. The van der Waals surface area contributed by atoms with Crippen LogP contribution >= 0.6 is 35.6 Å². The molecule has 3 aromatic carbocycles. The number of benzene rings is 3. The molecule has 0 saturated carbocycles. The van der Waals surface area contributed by atoms with Crippen LogP contribution < -0.4 is 15.0 Å². The SMILES string of the molecule is Cc1ccc(NC(=O)COc2ccc(/C=C3\SC(=S)N(c4ccccc4C)C3=O)cc2Cl)c(C)c1. The molecule has 0 bridgehead atoms. The van der Waals surface area contributed by atoms with Gasteiger partial charge in [-0.05, 0) is 67.8 Å². The third kappa shape index (κ3) is 5.75. The smallest absolute Gasteiger partial charge is 0.270 e. The van der Waals surface area contributed by atoms with Crippen molar-refractivity contribution in [3.8, 4) is 5.75 Å². The molecule has 0 radical (unpaired) electrons. The van der Waals surface area contributed by atoms with Gasteiger partial charge in [-0.15, -0.1) is 0 Å². The number of amides is 2. The molecule has 0 aliphatic carbocycles. The molecule has 3 aromatic rings. The van der Waals surface area contributed by atoms with Gasteiger partial charge >= 0.3 is 0 Å². The summed E-state index contributed by atoms with van der Waals surface area (Å²) < 4.78 is 6.10. The Balaban J connectivity index is 1.42. The van der Waals surface area contributed by atoms with Gasteiger partial charge in [-0.25, -0.2) is 0 Å². The van der Waals surface area contributed by atoms with Crippen molar-refractivity contribution in [3.05, 3.63) is 92.8 Å². The van der Waals surface area contributed by atoms with E-state index < -0.39 is 0 Å². The first-order valence-corrected chi connectivity index (χ1v) is 12.5. The Labute approximate surface area is 219 Å². The number of thiocarbonyl (C=S) groups is 1. The number of rotatable bonds is 6. The monoisotopic (exact) mass is 522 g/mol. The fourth-order valence-electron chi connectivity index (χ4n) is 3.65. The minimum absolute atomic E-state index is 0.172. The van der Waals surface area contributed by atoms with Crippen LogP contribution in [-0.4, -0.2) is 22.7 Å². The van der Waals surface area contributed by atoms with Crippen molar-refractivity contribution in [1.82, 2.24) is 0 Å². The van der Waals surface area contributed by atoms with Gasteiger partial charge in [0.25, 0.3) is 11.8 Å². The van der Waals surface area contributed by atoms with Crippen LogP contribution in [0.5, 0.6) is 5.75 Å². The second-order valence-corrected chi connectivity index (χ2v) is 10.2. The van der Waals surface area contributed by atoms with E-state index in [1.165, 1.54) is 11.8 Å². The maximum Gasteiger partial charge on any atom is 0.270 e. The molecule has 5 nitrogen and oxygen atoms in total. The average Bonchev–Trinajstić information content (AvgIpc) is 3.08. The minimum Gasteiger partial charge on any atom is -0.482 e. The first-order chi connectivity index (χ1) is 16.7. The Morgan fingerprint density at radius 2 is 1.86 bits per heavy atom. The zero-order valence-corrected chi connectivity index (χ0v) is 21.8. The van der Waals surface area contributed by atoms with Crippen molar-refractivity contribution in [2.75, 3.05) is 16.8 Å². The van der Waals surface area contributed by atoms with E-state index in [1.807, 2.05) is 63.2 Å². The van der Waals surface area contributed by atoms with E-state index in [0.717, 1.165) is 33.6 Å². The van der Waals surface area contributed by atoms with Crippen LogP contribution in [0.1, 0.15) is 22.3 Å². The fraction of sp³-hybridized carbons (Fsp3) is 0.148. The highest BCUT2D eigenvalue weighted by Crippen LogP contribution is 2.37. The molecule has 178 valence electrons. The molecule has 8 heteroatoms. The topological polar surface area (TPSA) is 58.6 Å². The molecular formula is C27H23ClN2O3S2. The van der Waals surface area contributed by atoms with Gasteiger partial charge in [0, 0.05) is 5.69 Å². The molecule has 0 atom stereocenters. The summed E-state index contributed by atoms with van der Waals surface area (Å²) in [7, 11) is 0. The lowest BCUT2D eigenvalue weighted by atomic mass is 10.1. The predicted octanol–water partition coefficient (Wildman–Crippen LogP) is 6.69. The number of hydrogen-bond acceptors (Lipinski definition) is 5. The van der Waals surface area contributed by atoms with Gasteiger partial charge < -0.3 is 10.1 Å². The van der Waals surface area contributed by atoms with E-state index in [1.54, 1.807) is 29.2 Å². The number of halogens is 1. The number of nitrogens with zero attached hydrogens (tertiary/aromatic N) is 1. The normalized spacial score (nSPS) is 14.5. The Hall–Kier alpha value is -3.13. The van der Waals surface area contributed by atoms with E-state index >= 15 is 0 Å². The summed E-state index contributed by atoms with van der Waals surface area (Å²) in [5, 5.41) is 3.18. The summed E-state index contributed by atoms with van der Waals surface area (Å²) >= 11 is 13.1. The number of ether oxygens (including phenoxy) is 1. The average molecular weight is 523 g/mol. The standard InChI is InChI=1S/C27H23ClN2O3S2/c1-16-8-10-21(18(3)12-16)29-25(31)15-33-23-11-9-19(13-20(23)28)14-24-26(32)30(27(34)35-24)22-7-5-4-6-17(22)2/h4-14H,15H2,1-3H3,(H,29,31)/b24-14-. The lowest BCUT2D eigenvalue weighted by Crippen LogP contribution is -2.28. The van der Waals surface area contributed by atoms with Gasteiger partial charge in [0.15, 0.2) is 10.9 Å². The maximum atomic E-state index is 13.0. The van der Waals surface area contributed by atoms with Crippen LogP contribution in [0, 0.1) is 20.8 Å². The summed E-state index contributed by atoms with van der Waals surface area (Å²) in [5.74, 6) is -0.0714. The molecule has 0 spiro atoms. The highest BCUT2D eigenvalue weighted by Gasteiger charge is 2.33. The van der Waals surface area contributed by atoms with Crippen LogP contribution in [-0.2, 0) is 9.59 Å². The van der Waals surface area contributed by atoms with E-state index in [0.29, 0.717) is 20.0 Å². The van der Waals surface area contributed by atoms with Crippen LogP contribution in [0.4, 0.5) is 11.4 Å². The lowest BCUT2D eigenvalue weighted by Gasteiger charge is -2.16. The lowest BCUT2D eigenvalue weighted by molar-refractivity contribution is -0.118. The molecule has 2 amide bonds. The molecule has 35 heavy (non-hydrogen) atoms. The quantitative estimate of drug-likeness (QED) is 0.289. The van der Waals surface area contributed by atoms with Crippen LogP contribution in [0.3, 0.4) is 0 Å². The van der Waals surface area contributed by atoms with Crippen molar-refractivity contribution in [1.29, 1.82) is 0 Å². The number of aryl methyl sites for hydroxylation is 3. The van der Waals surface area contributed by atoms with Gasteiger partial charge in [-0.2, -0.15) is 0 Å². The van der Waals surface area contributed by atoms with Crippen molar-refractivity contribution in [2.45, 2.75) is 20.8 Å². The molecule has 1 N–H and O–H groups in total. The van der Waals surface area contributed by atoms with E-state index in [9.17, 15) is 9.59 Å². The van der Waals surface area contributed by atoms with Crippen molar-refractivity contribution < 1.29 is 14.3 Å². The maximum absolute atomic E-state index is 13.0. The van der Waals surface area contributed by atoms with Crippen molar-refractivity contribution in [3.63, 3.8) is 0 Å². The molecule has 1 fully saturated rings. The highest BCUT2D eigenvalue weighted by molar-refractivity contribution is 8.27. The summed E-state index contributed by atoms with van der Waals surface area (Å²) in [6.45, 7) is 5.70. The Bertz CT molecular complexity index is 1370. The zero-order valence-electron chi connectivity index (χ0n) is 19.4. The fourth-order valence-corrected chi connectivity index (χ4v) is 5.18. The largest absolute Gasteiger partial charge is 0.482 e. The van der Waals surface area contributed by atoms with Gasteiger partial charge in [-0.1, -0.05) is 77.5 Å². The molecule has 1 saturated heterocycles. The van der Waals surface area contributed by atoms with Crippen molar-refractivity contribution in [2.24, 2.45) is 0 Å². The van der Waals surface area contributed by atoms with E-state index in [-0.39, 0.29) is 18.4 Å². The van der Waals surface area contributed by atoms with Gasteiger partial charge in [0.2, 0.25) is 0 Å². The summed E-state index contributed by atoms with van der Waals surface area (Å²) in [6.07, 6.45) is 1.75. The number of para-hydroxylation sites is 1. The minimum atomic E-state index is -0.281. The predicted molar refractivity (Wildman–Crippen MR) is 148 cm³/mol. The van der Waals surface area contributed by atoms with Crippen LogP contribution in [0.15, 0.2) is 65.6 Å². The second kappa shape index (κ2) is 10.6.